The van der Waals surface area contributed by atoms with Gasteiger partial charge in [-0.25, -0.2) is 0 Å². The average molecular weight is 331 g/mol. The lowest BCUT2D eigenvalue weighted by Crippen LogP contribution is -2.11. The first-order valence-corrected chi connectivity index (χ1v) is 7.21. The maximum absolute atomic E-state index is 10.0. The third-order valence-corrected chi connectivity index (χ3v) is 3.11. The van der Waals surface area contributed by atoms with Gasteiger partial charge in [0, 0.05) is 11.3 Å². The first kappa shape index (κ1) is 21.1. The van der Waals surface area contributed by atoms with Gasteiger partial charge in [0.05, 0.1) is 0 Å². The largest absolute Gasteiger partial charge is 0.508 e. The molecule has 0 amide bonds. The summed E-state index contributed by atoms with van der Waals surface area (Å²) >= 11 is 0. The van der Waals surface area contributed by atoms with E-state index in [1.807, 2.05) is 13.8 Å². The minimum Gasteiger partial charge on any atom is -0.508 e. The Balaban J connectivity index is 0.000000420. The van der Waals surface area contributed by atoms with Crippen LogP contribution in [0.2, 0.25) is 0 Å². The van der Waals surface area contributed by atoms with Crippen molar-refractivity contribution in [2.24, 2.45) is 16.6 Å². The Labute approximate surface area is 142 Å². The van der Waals surface area contributed by atoms with Crippen LogP contribution in [0.5, 0.6) is 5.75 Å². The molecule has 2 aromatic rings. The molecule has 0 atom stereocenters. The molecule has 2 aromatic carbocycles. The summed E-state index contributed by atoms with van der Waals surface area (Å²) in [5.74, 6) is 0.331. The van der Waals surface area contributed by atoms with E-state index in [1.54, 1.807) is 36.4 Å². The molecule has 0 saturated heterocycles. The summed E-state index contributed by atoms with van der Waals surface area (Å²) in [5.41, 5.74) is 19.2. The van der Waals surface area contributed by atoms with Gasteiger partial charge < -0.3 is 22.3 Å². The van der Waals surface area contributed by atoms with Gasteiger partial charge in [0.15, 0.2) is 0 Å². The summed E-state index contributed by atoms with van der Waals surface area (Å²) in [4.78, 5) is 10.0. The lowest BCUT2D eigenvalue weighted by Gasteiger charge is -2.03. The van der Waals surface area contributed by atoms with Gasteiger partial charge in [-0.1, -0.05) is 17.3 Å². The Bertz CT molecular complexity index is 687. The molecule has 130 valence electrons. The molecule has 0 aromatic heterocycles. The molecule has 24 heavy (non-hydrogen) atoms. The zero-order chi connectivity index (χ0) is 18.7. The molecule has 0 fully saturated rings. The number of nitrogens with zero attached hydrogens (tertiary/aromatic N) is 1. The van der Waals surface area contributed by atoms with Crippen LogP contribution in [-0.4, -0.2) is 18.0 Å². The van der Waals surface area contributed by atoms with Crippen molar-refractivity contribution >= 4 is 11.5 Å². The number of hydrogen-bond donors (Lipinski definition) is 5. The second-order valence-electron chi connectivity index (χ2n) is 4.89. The highest BCUT2D eigenvalue weighted by Crippen LogP contribution is 2.17. The van der Waals surface area contributed by atoms with Crippen LogP contribution < -0.4 is 17.2 Å². The number of anilines is 1. The summed E-state index contributed by atoms with van der Waals surface area (Å²) in [6.45, 7) is 3.85. The minimum atomic E-state index is 0.0358. The standard InChI is InChI=1S/C9H11N3O.C7H9NO.CH5N/c1-6-4-7(9(10)11)2-3-8(6)5-12-13;1-5-4-6(8)2-3-7(5)9;1-2/h2-4H,5H2,1H3,(H3,10,11);2-4,9H,8H2,1H3;2H2,1H3. The van der Waals surface area contributed by atoms with Gasteiger partial charge in [-0.15, -0.1) is 0 Å². The number of aromatic hydroxyl groups is 1. The second kappa shape index (κ2) is 10.7. The maximum Gasteiger partial charge on any atom is 0.122 e. The molecule has 8 N–H and O–H groups in total. The number of rotatable bonds is 3. The van der Waals surface area contributed by atoms with Crippen LogP contribution in [0.25, 0.3) is 0 Å². The molecule has 0 unspecified atom stereocenters. The molecule has 0 aliphatic rings. The van der Waals surface area contributed by atoms with E-state index in [1.165, 1.54) is 7.05 Å². The number of benzene rings is 2. The monoisotopic (exact) mass is 331 g/mol. The molecule has 0 spiro atoms. The number of hydrogen-bond acceptors (Lipinski definition) is 6. The summed E-state index contributed by atoms with van der Waals surface area (Å²) in [5, 5.41) is 19.0. The summed E-state index contributed by atoms with van der Waals surface area (Å²) in [6, 6.07) is 10.3. The topological polar surface area (TPSA) is 152 Å². The summed E-state index contributed by atoms with van der Waals surface area (Å²) < 4.78 is 0. The van der Waals surface area contributed by atoms with Crippen molar-refractivity contribution in [1.82, 2.24) is 0 Å². The molecule has 2 rings (SSSR count). The van der Waals surface area contributed by atoms with Crippen molar-refractivity contribution in [3.8, 4) is 5.75 Å². The predicted octanol–water partition coefficient (Wildman–Crippen LogP) is 2.40. The number of nitrogen functional groups attached to an aromatic ring is 2. The molecule has 0 heterocycles. The van der Waals surface area contributed by atoms with E-state index in [0.717, 1.165) is 16.7 Å². The Morgan fingerprint density at radius 3 is 2.17 bits per heavy atom. The third-order valence-electron chi connectivity index (χ3n) is 3.11. The van der Waals surface area contributed by atoms with Crippen molar-refractivity contribution in [1.29, 1.82) is 5.41 Å². The predicted molar refractivity (Wildman–Crippen MR) is 99.1 cm³/mol. The van der Waals surface area contributed by atoms with Crippen molar-refractivity contribution in [2.75, 3.05) is 12.8 Å². The number of amidine groups is 1. The highest BCUT2D eigenvalue weighted by molar-refractivity contribution is 5.95. The van der Waals surface area contributed by atoms with E-state index in [-0.39, 0.29) is 12.4 Å². The van der Waals surface area contributed by atoms with E-state index in [4.69, 9.17) is 22.0 Å². The second-order valence-corrected chi connectivity index (χ2v) is 4.89. The van der Waals surface area contributed by atoms with Crippen molar-refractivity contribution in [2.45, 2.75) is 20.4 Å². The maximum atomic E-state index is 10.0. The fourth-order valence-electron chi connectivity index (χ4n) is 1.79. The van der Waals surface area contributed by atoms with Gasteiger partial charge in [-0.2, -0.15) is 4.91 Å². The smallest absolute Gasteiger partial charge is 0.122 e. The molecule has 0 saturated carbocycles. The zero-order valence-electron chi connectivity index (χ0n) is 14.2. The van der Waals surface area contributed by atoms with E-state index in [9.17, 15) is 4.91 Å². The van der Waals surface area contributed by atoms with Gasteiger partial charge in [0.1, 0.15) is 18.1 Å². The molecule has 0 bridgehead atoms. The average Bonchev–Trinajstić information content (AvgIpc) is 2.56. The van der Waals surface area contributed by atoms with Gasteiger partial charge in [-0.05, 0) is 61.9 Å². The van der Waals surface area contributed by atoms with Crippen LogP contribution in [-0.2, 0) is 6.54 Å². The number of phenols is 1. The number of nitrogens with one attached hydrogen (secondary N) is 1. The lowest BCUT2D eigenvalue weighted by molar-refractivity contribution is 0.471. The fourth-order valence-corrected chi connectivity index (χ4v) is 1.79. The number of nitroso groups, excluding NO2 is 1. The van der Waals surface area contributed by atoms with Crippen molar-refractivity contribution in [3.05, 3.63) is 63.6 Å². The number of aryl methyl sites for hydroxylation is 2. The Morgan fingerprint density at radius 2 is 1.75 bits per heavy atom. The molecular formula is C17H25N5O2. The molecule has 0 radical (unpaired) electrons. The normalized spacial score (nSPS) is 9.00. The Hall–Kier alpha value is -2.93. The van der Waals surface area contributed by atoms with Crippen LogP contribution in [0.15, 0.2) is 41.6 Å². The molecule has 7 heteroatoms. The quantitative estimate of drug-likeness (QED) is 0.192. The first-order valence-electron chi connectivity index (χ1n) is 7.21. The first-order chi connectivity index (χ1) is 11.3. The van der Waals surface area contributed by atoms with E-state index < -0.39 is 0 Å². The van der Waals surface area contributed by atoms with Gasteiger partial charge >= 0.3 is 0 Å². The highest BCUT2D eigenvalue weighted by atomic mass is 16.3. The zero-order valence-corrected chi connectivity index (χ0v) is 14.2. The van der Waals surface area contributed by atoms with Crippen LogP contribution in [0, 0.1) is 24.2 Å². The van der Waals surface area contributed by atoms with Gasteiger partial charge in [-0.3, -0.25) is 5.41 Å². The lowest BCUT2D eigenvalue weighted by atomic mass is 10.0. The van der Waals surface area contributed by atoms with Crippen LogP contribution in [0.1, 0.15) is 22.3 Å². The minimum absolute atomic E-state index is 0.0358. The number of nitrogens with two attached hydrogens (primary N) is 3. The third kappa shape index (κ3) is 6.89. The summed E-state index contributed by atoms with van der Waals surface area (Å²) in [6.07, 6.45) is 0. The number of phenolic OH excluding ortho intramolecular Hbond substituents is 1. The van der Waals surface area contributed by atoms with E-state index >= 15 is 0 Å². The van der Waals surface area contributed by atoms with Crippen LogP contribution in [0.4, 0.5) is 5.69 Å². The molecular weight excluding hydrogens is 306 g/mol. The fraction of sp³-hybridized carbons (Fsp3) is 0.235. The molecule has 0 aliphatic carbocycles. The molecule has 7 nitrogen and oxygen atoms in total. The Morgan fingerprint density at radius 1 is 1.12 bits per heavy atom. The van der Waals surface area contributed by atoms with Crippen LogP contribution >= 0.6 is 0 Å². The van der Waals surface area contributed by atoms with Gasteiger partial charge in [0.2, 0.25) is 0 Å². The summed E-state index contributed by atoms with van der Waals surface area (Å²) in [7, 11) is 1.50. The van der Waals surface area contributed by atoms with E-state index in [2.05, 4.69) is 10.9 Å². The Kier molecular flexibility index (Phi) is 9.43. The molecule has 0 aliphatic heterocycles. The van der Waals surface area contributed by atoms with Crippen molar-refractivity contribution < 1.29 is 5.11 Å². The van der Waals surface area contributed by atoms with E-state index in [0.29, 0.717) is 17.0 Å². The SMILES string of the molecule is CN.Cc1cc(C(=N)N)ccc1CN=O.Cc1cc(N)ccc1O. The van der Waals surface area contributed by atoms with Crippen LogP contribution in [0.3, 0.4) is 0 Å². The van der Waals surface area contributed by atoms with Gasteiger partial charge in [0.25, 0.3) is 0 Å². The highest BCUT2D eigenvalue weighted by Gasteiger charge is 2.01. The van der Waals surface area contributed by atoms with Crippen molar-refractivity contribution in [3.63, 3.8) is 0 Å².